The topological polar surface area (TPSA) is 12.4 Å². The molecule has 72 valence electrons. The van der Waals surface area contributed by atoms with Gasteiger partial charge in [0.15, 0.2) is 0 Å². The minimum Gasteiger partial charge on any atom is -0.301 e. The fourth-order valence-electron chi connectivity index (χ4n) is 1.54. The van der Waals surface area contributed by atoms with Gasteiger partial charge < -0.3 is 4.99 Å². The Hall–Kier alpha value is -0.330. The fraction of sp³-hybridized carbons (Fsp3) is 0.909. The third kappa shape index (κ3) is 3.89. The van der Waals surface area contributed by atoms with Gasteiger partial charge in [0.1, 0.15) is 0 Å². The van der Waals surface area contributed by atoms with Crippen molar-refractivity contribution >= 4 is 6.21 Å². The van der Waals surface area contributed by atoms with E-state index in [1.807, 2.05) is 13.3 Å². The van der Waals surface area contributed by atoms with E-state index in [2.05, 4.69) is 32.7 Å². The van der Waals surface area contributed by atoms with Crippen LogP contribution in [-0.2, 0) is 0 Å². The smallest absolute Gasteiger partial charge is 0.0273 e. The van der Waals surface area contributed by atoms with E-state index in [1.165, 1.54) is 6.42 Å². The van der Waals surface area contributed by atoms with Crippen LogP contribution in [0.1, 0.15) is 40.5 Å². The van der Waals surface area contributed by atoms with Crippen LogP contribution in [0.25, 0.3) is 0 Å². The van der Waals surface area contributed by atoms with E-state index in [-0.39, 0.29) is 0 Å². The van der Waals surface area contributed by atoms with Crippen LogP contribution in [0.3, 0.4) is 0 Å². The molecule has 0 aromatic rings. The lowest BCUT2D eigenvalue weighted by Gasteiger charge is -2.24. The van der Waals surface area contributed by atoms with E-state index in [0.29, 0.717) is 0 Å². The summed E-state index contributed by atoms with van der Waals surface area (Å²) in [5.41, 5.74) is 0. The number of hydrogen-bond donors (Lipinski definition) is 0. The van der Waals surface area contributed by atoms with Crippen molar-refractivity contribution in [1.82, 2.24) is 0 Å². The first-order valence-electron chi connectivity index (χ1n) is 5.04. The Morgan fingerprint density at radius 2 is 1.83 bits per heavy atom. The highest BCUT2D eigenvalue weighted by Gasteiger charge is 2.16. The van der Waals surface area contributed by atoms with Gasteiger partial charge >= 0.3 is 0 Å². The van der Waals surface area contributed by atoms with Gasteiger partial charge in [-0.05, 0) is 30.4 Å². The summed E-state index contributed by atoms with van der Waals surface area (Å²) in [6.45, 7) is 9.22. The molecular formula is C11H23N. The first kappa shape index (κ1) is 11.7. The van der Waals surface area contributed by atoms with Crippen LogP contribution in [0.2, 0.25) is 0 Å². The van der Waals surface area contributed by atoms with Gasteiger partial charge in [0.2, 0.25) is 0 Å². The number of rotatable bonds is 5. The molecular weight excluding hydrogens is 146 g/mol. The normalized spacial score (nSPS) is 17.2. The van der Waals surface area contributed by atoms with Gasteiger partial charge in [0.05, 0.1) is 0 Å². The van der Waals surface area contributed by atoms with Gasteiger partial charge in [-0.25, -0.2) is 0 Å². The van der Waals surface area contributed by atoms with Crippen molar-refractivity contribution in [3.05, 3.63) is 0 Å². The van der Waals surface area contributed by atoms with Crippen LogP contribution in [0, 0.1) is 17.8 Å². The quantitative estimate of drug-likeness (QED) is 0.559. The average Bonchev–Trinajstić information content (AvgIpc) is 2.05. The van der Waals surface area contributed by atoms with Crippen molar-refractivity contribution in [2.75, 3.05) is 7.05 Å². The maximum absolute atomic E-state index is 4.04. The van der Waals surface area contributed by atoms with Crippen molar-refractivity contribution in [2.24, 2.45) is 22.7 Å². The minimum absolute atomic E-state index is 0.792. The van der Waals surface area contributed by atoms with E-state index < -0.39 is 0 Å². The second-order valence-electron chi connectivity index (χ2n) is 3.95. The molecule has 1 unspecified atom stereocenters. The SMILES string of the molecule is CCC(C/C=N/C)[C@H](C)C(C)C. The molecule has 0 spiro atoms. The third-order valence-corrected chi connectivity index (χ3v) is 2.91. The first-order valence-corrected chi connectivity index (χ1v) is 5.04. The molecule has 0 heterocycles. The lowest BCUT2D eigenvalue weighted by Crippen LogP contribution is -2.16. The molecule has 0 aliphatic heterocycles. The maximum Gasteiger partial charge on any atom is 0.0273 e. The van der Waals surface area contributed by atoms with Gasteiger partial charge in [0.25, 0.3) is 0 Å². The van der Waals surface area contributed by atoms with Gasteiger partial charge in [-0.15, -0.1) is 0 Å². The van der Waals surface area contributed by atoms with E-state index in [0.717, 1.165) is 24.2 Å². The van der Waals surface area contributed by atoms with Crippen molar-refractivity contribution < 1.29 is 0 Å². The predicted molar refractivity (Wildman–Crippen MR) is 56.8 cm³/mol. The molecule has 0 bridgehead atoms. The average molecular weight is 169 g/mol. The zero-order valence-corrected chi connectivity index (χ0v) is 9.17. The fourth-order valence-corrected chi connectivity index (χ4v) is 1.54. The largest absolute Gasteiger partial charge is 0.301 e. The van der Waals surface area contributed by atoms with Crippen LogP contribution >= 0.6 is 0 Å². The molecule has 12 heavy (non-hydrogen) atoms. The Morgan fingerprint density at radius 3 is 2.17 bits per heavy atom. The maximum atomic E-state index is 4.04. The highest BCUT2D eigenvalue weighted by atomic mass is 14.6. The van der Waals surface area contributed by atoms with Crippen molar-refractivity contribution in [2.45, 2.75) is 40.5 Å². The predicted octanol–water partition coefficient (Wildman–Crippen LogP) is 3.40. The van der Waals surface area contributed by atoms with E-state index in [4.69, 9.17) is 0 Å². The Kier molecular flexibility index (Phi) is 6.04. The van der Waals surface area contributed by atoms with Crippen molar-refractivity contribution in [3.8, 4) is 0 Å². The Labute approximate surface area is 77.3 Å². The first-order chi connectivity index (χ1) is 5.63. The van der Waals surface area contributed by atoms with Crippen molar-refractivity contribution in [1.29, 1.82) is 0 Å². The van der Waals surface area contributed by atoms with Crippen LogP contribution in [0.4, 0.5) is 0 Å². The summed E-state index contributed by atoms with van der Waals surface area (Å²) in [7, 11) is 1.85. The summed E-state index contributed by atoms with van der Waals surface area (Å²) in [5.74, 6) is 2.42. The molecule has 1 nitrogen and oxygen atoms in total. The zero-order valence-electron chi connectivity index (χ0n) is 9.17. The second-order valence-corrected chi connectivity index (χ2v) is 3.95. The molecule has 0 saturated carbocycles. The van der Waals surface area contributed by atoms with Gasteiger partial charge in [-0.1, -0.05) is 34.1 Å². The lowest BCUT2D eigenvalue weighted by atomic mass is 9.82. The van der Waals surface area contributed by atoms with Gasteiger partial charge in [-0.3, -0.25) is 0 Å². The lowest BCUT2D eigenvalue weighted by molar-refractivity contribution is 0.277. The molecule has 0 radical (unpaired) electrons. The van der Waals surface area contributed by atoms with Crippen LogP contribution in [-0.4, -0.2) is 13.3 Å². The van der Waals surface area contributed by atoms with E-state index >= 15 is 0 Å². The minimum atomic E-state index is 0.792. The number of nitrogens with zero attached hydrogens (tertiary/aromatic N) is 1. The number of aliphatic imine (C=N–C) groups is 1. The summed E-state index contributed by atoms with van der Waals surface area (Å²) in [4.78, 5) is 4.04. The Bertz CT molecular complexity index is 127. The molecule has 0 aromatic carbocycles. The summed E-state index contributed by atoms with van der Waals surface area (Å²) in [5, 5.41) is 0. The Balaban J connectivity index is 3.95. The molecule has 2 atom stereocenters. The molecule has 0 saturated heterocycles. The van der Waals surface area contributed by atoms with Gasteiger partial charge in [0, 0.05) is 7.05 Å². The molecule has 0 N–H and O–H groups in total. The standard InChI is InChI=1S/C11H23N/c1-6-11(7-8-12-5)10(4)9(2)3/h8-11H,6-7H2,1-5H3/b12-8+/t10-,11?/m1/s1. The summed E-state index contributed by atoms with van der Waals surface area (Å²) >= 11 is 0. The molecule has 1 heteroatoms. The summed E-state index contributed by atoms with van der Waals surface area (Å²) < 4.78 is 0. The second kappa shape index (κ2) is 6.22. The van der Waals surface area contributed by atoms with Crippen LogP contribution in [0.5, 0.6) is 0 Å². The molecule has 0 aliphatic carbocycles. The molecule has 0 fully saturated rings. The van der Waals surface area contributed by atoms with Crippen LogP contribution < -0.4 is 0 Å². The third-order valence-electron chi connectivity index (χ3n) is 2.91. The highest BCUT2D eigenvalue weighted by molar-refractivity contribution is 5.57. The summed E-state index contributed by atoms with van der Waals surface area (Å²) in [6.07, 6.45) is 4.46. The Morgan fingerprint density at radius 1 is 1.25 bits per heavy atom. The van der Waals surface area contributed by atoms with E-state index in [9.17, 15) is 0 Å². The van der Waals surface area contributed by atoms with Crippen molar-refractivity contribution in [3.63, 3.8) is 0 Å². The molecule has 0 amide bonds. The zero-order chi connectivity index (χ0) is 9.56. The van der Waals surface area contributed by atoms with E-state index in [1.54, 1.807) is 0 Å². The summed E-state index contributed by atoms with van der Waals surface area (Å²) in [6, 6.07) is 0. The van der Waals surface area contributed by atoms with Crippen LogP contribution in [0.15, 0.2) is 4.99 Å². The number of hydrogen-bond acceptors (Lipinski definition) is 1. The monoisotopic (exact) mass is 169 g/mol. The molecule has 0 aliphatic rings. The molecule has 0 rings (SSSR count). The molecule has 0 aromatic heterocycles. The highest BCUT2D eigenvalue weighted by Crippen LogP contribution is 2.25. The van der Waals surface area contributed by atoms with Gasteiger partial charge in [-0.2, -0.15) is 0 Å².